The number of carbonyl (C=O) groups is 2. The molecule has 0 saturated carbocycles. The third-order valence-corrected chi connectivity index (χ3v) is 4.26. The van der Waals surface area contributed by atoms with Gasteiger partial charge in [0.15, 0.2) is 0 Å². The van der Waals surface area contributed by atoms with Crippen LogP contribution in [0, 0.1) is 5.92 Å². The minimum absolute atomic E-state index is 0.0292. The Morgan fingerprint density at radius 2 is 2.29 bits per heavy atom. The van der Waals surface area contributed by atoms with Gasteiger partial charge in [-0.15, -0.1) is 11.3 Å². The fourth-order valence-electron chi connectivity index (χ4n) is 1.99. The Morgan fingerprint density at radius 1 is 1.53 bits per heavy atom. The van der Waals surface area contributed by atoms with Gasteiger partial charge in [0.1, 0.15) is 0 Å². The van der Waals surface area contributed by atoms with Gasteiger partial charge in [-0.1, -0.05) is 6.92 Å². The van der Waals surface area contributed by atoms with Gasteiger partial charge < -0.3 is 10.0 Å². The molecular formula is C12H15NO3S. The number of aliphatic carboxylic acids is 1. The topological polar surface area (TPSA) is 57.6 Å². The number of hydrogen-bond donors (Lipinski definition) is 1. The van der Waals surface area contributed by atoms with Gasteiger partial charge >= 0.3 is 5.97 Å². The second-order valence-corrected chi connectivity index (χ2v) is 5.36. The van der Waals surface area contributed by atoms with E-state index in [1.165, 1.54) is 16.2 Å². The fraction of sp³-hybridized carbons (Fsp3) is 0.500. The highest BCUT2D eigenvalue weighted by Crippen LogP contribution is 2.23. The number of nitrogens with zero attached hydrogens (tertiary/aromatic N) is 1. The van der Waals surface area contributed by atoms with Gasteiger partial charge in [-0.05, 0) is 25.0 Å². The Kier molecular flexibility index (Phi) is 3.47. The SMILES string of the molecule is CCc1ccc(C(=O)N2CC[C@H](C(=O)O)C2)s1. The molecule has 0 spiro atoms. The van der Waals surface area contributed by atoms with Crippen molar-refractivity contribution in [1.29, 1.82) is 0 Å². The van der Waals surface area contributed by atoms with Crippen LogP contribution in [0.15, 0.2) is 12.1 Å². The van der Waals surface area contributed by atoms with E-state index in [2.05, 4.69) is 6.92 Å². The number of carboxylic acids is 1. The Morgan fingerprint density at radius 3 is 2.82 bits per heavy atom. The van der Waals surface area contributed by atoms with Crippen LogP contribution in [0.4, 0.5) is 0 Å². The van der Waals surface area contributed by atoms with Crippen molar-refractivity contribution >= 4 is 23.2 Å². The number of amides is 1. The molecule has 92 valence electrons. The van der Waals surface area contributed by atoms with Crippen LogP contribution in [0.3, 0.4) is 0 Å². The fourth-order valence-corrected chi connectivity index (χ4v) is 2.90. The van der Waals surface area contributed by atoms with Crippen LogP contribution in [0.2, 0.25) is 0 Å². The number of carbonyl (C=O) groups excluding carboxylic acids is 1. The largest absolute Gasteiger partial charge is 0.481 e. The van der Waals surface area contributed by atoms with Crippen molar-refractivity contribution in [2.45, 2.75) is 19.8 Å². The van der Waals surface area contributed by atoms with E-state index in [0.29, 0.717) is 24.4 Å². The highest BCUT2D eigenvalue weighted by Gasteiger charge is 2.31. The maximum absolute atomic E-state index is 12.1. The van der Waals surface area contributed by atoms with Gasteiger partial charge in [0.25, 0.3) is 5.91 Å². The number of carboxylic acid groups (broad SMARTS) is 1. The van der Waals surface area contributed by atoms with Crippen LogP contribution in [0.1, 0.15) is 27.9 Å². The van der Waals surface area contributed by atoms with Crippen LogP contribution >= 0.6 is 11.3 Å². The third kappa shape index (κ3) is 2.49. The Labute approximate surface area is 104 Å². The first-order valence-corrected chi connectivity index (χ1v) is 6.54. The summed E-state index contributed by atoms with van der Waals surface area (Å²) in [7, 11) is 0. The second kappa shape index (κ2) is 4.87. The molecule has 1 saturated heterocycles. The van der Waals surface area contributed by atoms with E-state index in [4.69, 9.17) is 5.11 Å². The zero-order valence-electron chi connectivity index (χ0n) is 9.68. The molecule has 1 atom stereocenters. The van der Waals surface area contributed by atoms with Gasteiger partial charge in [0, 0.05) is 18.0 Å². The number of rotatable bonds is 3. The van der Waals surface area contributed by atoms with Crippen LogP contribution in [0.5, 0.6) is 0 Å². The molecule has 1 fully saturated rings. The second-order valence-electron chi connectivity index (χ2n) is 4.19. The molecule has 0 bridgehead atoms. The number of hydrogen-bond acceptors (Lipinski definition) is 3. The standard InChI is InChI=1S/C12H15NO3S/c1-2-9-3-4-10(17-9)11(14)13-6-5-8(7-13)12(15)16/h3-4,8H,2,5-7H2,1H3,(H,15,16)/t8-/m0/s1. The molecule has 1 aliphatic rings. The zero-order chi connectivity index (χ0) is 12.4. The average molecular weight is 253 g/mol. The molecule has 2 rings (SSSR count). The number of thiophene rings is 1. The van der Waals surface area contributed by atoms with E-state index in [-0.39, 0.29) is 5.91 Å². The Balaban J connectivity index is 2.04. The summed E-state index contributed by atoms with van der Waals surface area (Å²) in [6, 6.07) is 3.79. The molecule has 1 aliphatic heterocycles. The molecule has 1 amide bonds. The quantitative estimate of drug-likeness (QED) is 0.894. The summed E-state index contributed by atoms with van der Waals surface area (Å²) in [4.78, 5) is 26.5. The van der Waals surface area contributed by atoms with E-state index in [9.17, 15) is 9.59 Å². The number of aryl methyl sites for hydroxylation is 1. The smallest absolute Gasteiger partial charge is 0.308 e. The first-order valence-electron chi connectivity index (χ1n) is 5.72. The lowest BCUT2D eigenvalue weighted by atomic mass is 10.1. The molecule has 5 heteroatoms. The third-order valence-electron chi connectivity index (χ3n) is 3.05. The minimum atomic E-state index is -0.805. The van der Waals surface area contributed by atoms with E-state index < -0.39 is 11.9 Å². The molecule has 1 aromatic heterocycles. The summed E-state index contributed by atoms with van der Waals surface area (Å²) >= 11 is 1.50. The molecule has 1 N–H and O–H groups in total. The summed E-state index contributed by atoms with van der Waals surface area (Å²) in [5.41, 5.74) is 0. The molecular weight excluding hydrogens is 238 g/mol. The molecule has 17 heavy (non-hydrogen) atoms. The summed E-state index contributed by atoms with van der Waals surface area (Å²) in [6.07, 6.45) is 1.49. The molecule has 2 heterocycles. The van der Waals surface area contributed by atoms with Crippen LogP contribution in [-0.2, 0) is 11.2 Å². The molecule has 1 aromatic rings. The highest BCUT2D eigenvalue weighted by atomic mass is 32.1. The molecule has 0 aliphatic carbocycles. The summed E-state index contributed by atoms with van der Waals surface area (Å²) < 4.78 is 0. The lowest BCUT2D eigenvalue weighted by Crippen LogP contribution is -2.29. The first-order chi connectivity index (χ1) is 8.11. The minimum Gasteiger partial charge on any atom is -0.481 e. The number of likely N-dealkylation sites (tertiary alicyclic amines) is 1. The van der Waals surface area contributed by atoms with Crippen LogP contribution in [-0.4, -0.2) is 35.0 Å². The zero-order valence-corrected chi connectivity index (χ0v) is 10.5. The predicted octanol–water partition coefficient (Wildman–Crippen LogP) is 1.86. The van der Waals surface area contributed by atoms with Crippen LogP contribution < -0.4 is 0 Å². The van der Waals surface area contributed by atoms with Gasteiger partial charge in [-0.25, -0.2) is 0 Å². The maximum Gasteiger partial charge on any atom is 0.308 e. The summed E-state index contributed by atoms with van der Waals surface area (Å²) in [6.45, 7) is 2.94. The van der Waals surface area contributed by atoms with Gasteiger partial charge in [-0.2, -0.15) is 0 Å². The average Bonchev–Trinajstić information content (AvgIpc) is 2.97. The first kappa shape index (κ1) is 12.1. The van der Waals surface area contributed by atoms with Crippen molar-refractivity contribution in [3.63, 3.8) is 0 Å². The van der Waals surface area contributed by atoms with Crippen molar-refractivity contribution in [2.75, 3.05) is 13.1 Å². The molecule has 0 aromatic carbocycles. The van der Waals surface area contributed by atoms with E-state index in [1.54, 1.807) is 4.90 Å². The lowest BCUT2D eigenvalue weighted by Gasteiger charge is -2.14. The highest BCUT2D eigenvalue weighted by molar-refractivity contribution is 7.14. The Hall–Kier alpha value is -1.36. The van der Waals surface area contributed by atoms with E-state index in [1.807, 2.05) is 12.1 Å². The van der Waals surface area contributed by atoms with E-state index in [0.717, 1.165) is 6.42 Å². The van der Waals surface area contributed by atoms with Gasteiger partial charge in [0.2, 0.25) is 0 Å². The lowest BCUT2D eigenvalue weighted by molar-refractivity contribution is -0.141. The van der Waals surface area contributed by atoms with Gasteiger partial charge in [0.05, 0.1) is 10.8 Å². The normalized spacial score (nSPS) is 19.6. The Bertz CT molecular complexity index is 441. The molecule has 0 radical (unpaired) electrons. The van der Waals surface area contributed by atoms with Crippen LogP contribution in [0.25, 0.3) is 0 Å². The van der Waals surface area contributed by atoms with Gasteiger partial charge in [-0.3, -0.25) is 9.59 Å². The summed E-state index contributed by atoms with van der Waals surface area (Å²) in [5, 5.41) is 8.89. The maximum atomic E-state index is 12.1. The molecule has 0 unspecified atom stereocenters. The van der Waals surface area contributed by atoms with Crippen molar-refractivity contribution in [3.8, 4) is 0 Å². The summed E-state index contributed by atoms with van der Waals surface area (Å²) in [5.74, 6) is -1.23. The predicted molar refractivity (Wildman–Crippen MR) is 65.3 cm³/mol. The molecule has 4 nitrogen and oxygen atoms in total. The van der Waals surface area contributed by atoms with Crippen molar-refractivity contribution in [3.05, 3.63) is 21.9 Å². The van der Waals surface area contributed by atoms with Crippen molar-refractivity contribution in [1.82, 2.24) is 4.90 Å². The van der Waals surface area contributed by atoms with Crippen molar-refractivity contribution < 1.29 is 14.7 Å². The monoisotopic (exact) mass is 253 g/mol. The van der Waals surface area contributed by atoms with Crippen molar-refractivity contribution in [2.24, 2.45) is 5.92 Å². The van der Waals surface area contributed by atoms with E-state index >= 15 is 0 Å².